The Morgan fingerprint density at radius 2 is 2.00 bits per heavy atom. The molecule has 0 saturated heterocycles. The number of ether oxygens (including phenoxy) is 3. The van der Waals surface area contributed by atoms with Gasteiger partial charge in [-0.2, -0.15) is 5.10 Å². The Bertz CT molecular complexity index is 917. The van der Waals surface area contributed by atoms with Gasteiger partial charge in [0, 0.05) is 5.02 Å². The molecule has 2 amide bonds. The number of benzene rings is 2. The van der Waals surface area contributed by atoms with Crippen molar-refractivity contribution >= 4 is 29.6 Å². The topological polar surface area (TPSA) is 112 Å². The molecule has 1 unspecified atom stereocenters. The lowest BCUT2D eigenvalue weighted by Crippen LogP contribution is -2.33. The molecule has 2 aromatic rings. The summed E-state index contributed by atoms with van der Waals surface area (Å²) >= 11 is 5.98. The average Bonchev–Trinajstić information content (AvgIpc) is 2.69. The summed E-state index contributed by atoms with van der Waals surface area (Å²) in [7, 11) is 1.46. The number of rotatable bonds is 9. The quantitative estimate of drug-likeness (QED) is 0.479. The molecular formula is C20H22ClN3O5. The molecule has 0 aliphatic rings. The smallest absolute Gasteiger partial charge is 0.280 e. The summed E-state index contributed by atoms with van der Waals surface area (Å²) in [6, 6.07) is 10.1. The Morgan fingerprint density at radius 3 is 2.66 bits per heavy atom. The van der Waals surface area contributed by atoms with Crippen molar-refractivity contribution in [1.82, 2.24) is 5.43 Å². The van der Waals surface area contributed by atoms with Gasteiger partial charge in [0.25, 0.3) is 11.8 Å². The summed E-state index contributed by atoms with van der Waals surface area (Å²) in [5.41, 5.74) is 8.98. The molecule has 154 valence electrons. The molecule has 0 fully saturated rings. The van der Waals surface area contributed by atoms with Gasteiger partial charge in [-0.1, -0.05) is 11.6 Å². The number of aryl methyl sites for hydroxylation is 1. The first-order valence-corrected chi connectivity index (χ1v) is 9.02. The fraction of sp³-hybridized carbons (Fsp3) is 0.250. The van der Waals surface area contributed by atoms with E-state index >= 15 is 0 Å². The van der Waals surface area contributed by atoms with Crippen molar-refractivity contribution in [3.8, 4) is 17.2 Å². The average molecular weight is 420 g/mol. The minimum absolute atomic E-state index is 0.259. The first-order valence-electron chi connectivity index (χ1n) is 8.65. The minimum atomic E-state index is -0.758. The van der Waals surface area contributed by atoms with Gasteiger partial charge < -0.3 is 19.9 Å². The molecule has 0 radical (unpaired) electrons. The summed E-state index contributed by atoms with van der Waals surface area (Å²) in [4.78, 5) is 23.0. The predicted octanol–water partition coefficient (Wildman–Crippen LogP) is 2.44. The van der Waals surface area contributed by atoms with Crippen molar-refractivity contribution in [3.05, 3.63) is 52.5 Å². The zero-order valence-electron chi connectivity index (χ0n) is 16.3. The van der Waals surface area contributed by atoms with Gasteiger partial charge in [-0.3, -0.25) is 9.59 Å². The largest absolute Gasteiger partial charge is 0.493 e. The normalized spacial score (nSPS) is 11.7. The number of carbonyl (C=O) groups is 2. The first kappa shape index (κ1) is 22.0. The van der Waals surface area contributed by atoms with E-state index in [1.54, 1.807) is 43.3 Å². The zero-order valence-corrected chi connectivity index (χ0v) is 17.0. The molecule has 0 saturated carbocycles. The maximum Gasteiger partial charge on any atom is 0.280 e. The molecule has 0 aliphatic carbocycles. The van der Waals surface area contributed by atoms with E-state index in [1.807, 2.05) is 6.92 Å². The monoisotopic (exact) mass is 419 g/mol. The van der Waals surface area contributed by atoms with Crippen LogP contribution in [-0.4, -0.2) is 37.8 Å². The van der Waals surface area contributed by atoms with Crippen LogP contribution in [0.15, 0.2) is 41.5 Å². The second kappa shape index (κ2) is 10.3. The van der Waals surface area contributed by atoms with Crippen molar-refractivity contribution in [2.75, 3.05) is 13.7 Å². The summed E-state index contributed by atoms with van der Waals surface area (Å²) in [5.74, 6) is 0.298. The van der Waals surface area contributed by atoms with Crippen LogP contribution in [0.1, 0.15) is 18.1 Å². The molecule has 3 N–H and O–H groups in total. The highest BCUT2D eigenvalue weighted by molar-refractivity contribution is 6.31. The van der Waals surface area contributed by atoms with Crippen LogP contribution in [0.2, 0.25) is 5.02 Å². The minimum Gasteiger partial charge on any atom is -0.493 e. The molecular weight excluding hydrogens is 398 g/mol. The number of amides is 2. The van der Waals surface area contributed by atoms with Crippen LogP contribution in [0.25, 0.3) is 0 Å². The maximum absolute atomic E-state index is 12.2. The molecule has 0 aromatic heterocycles. The van der Waals surface area contributed by atoms with E-state index in [1.165, 1.54) is 13.3 Å². The Labute approximate surface area is 173 Å². The van der Waals surface area contributed by atoms with Gasteiger partial charge in [-0.05, 0) is 61.4 Å². The van der Waals surface area contributed by atoms with Crippen molar-refractivity contribution in [3.63, 3.8) is 0 Å². The molecule has 0 aliphatic heterocycles. The van der Waals surface area contributed by atoms with E-state index in [0.29, 0.717) is 27.8 Å². The predicted molar refractivity (Wildman–Crippen MR) is 110 cm³/mol. The van der Waals surface area contributed by atoms with Crippen LogP contribution >= 0.6 is 11.6 Å². The second-order valence-electron chi connectivity index (χ2n) is 6.07. The van der Waals surface area contributed by atoms with Gasteiger partial charge in [-0.25, -0.2) is 5.43 Å². The van der Waals surface area contributed by atoms with E-state index in [-0.39, 0.29) is 6.61 Å². The molecule has 8 nitrogen and oxygen atoms in total. The van der Waals surface area contributed by atoms with Crippen LogP contribution in [0.5, 0.6) is 17.2 Å². The number of primary amides is 1. The highest BCUT2D eigenvalue weighted by atomic mass is 35.5. The Morgan fingerprint density at radius 1 is 1.24 bits per heavy atom. The van der Waals surface area contributed by atoms with Gasteiger partial charge in [0.1, 0.15) is 5.75 Å². The molecule has 0 heterocycles. The van der Waals surface area contributed by atoms with Gasteiger partial charge in [0.2, 0.25) is 0 Å². The third-order valence-corrected chi connectivity index (χ3v) is 4.18. The number of carbonyl (C=O) groups excluding carboxylic acids is 2. The van der Waals surface area contributed by atoms with E-state index in [9.17, 15) is 9.59 Å². The number of methoxy groups -OCH3 is 1. The summed E-state index contributed by atoms with van der Waals surface area (Å²) in [6.07, 6.45) is 0.684. The summed E-state index contributed by atoms with van der Waals surface area (Å²) in [6.45, 7) is 3.20. The Hall–Kier alpha value is -3.26. The summed E-state index contributed by atoms with van der Waals surface area (Å²) in [5, 5.41) is 4.54. The van der Waals surface area contributed by atoms with Crippen LogP contribution < -0.4 is 25.4 Å². The highest BCUT2D eigenvalue weighted by Crippen LogP contribution is 2.27. The fourth-order valence-corrected chi connectivity index (χ4v) is 2.36. The number of nitrogens with zero attached hydrogens (tertiary/aromatic N) is 1. The van der Waals surface area contributed by atoms with Crippen LogP contribution in [-0.2, 0) is 9.59 Å². The van der Waals surface area contributed by atoms with Crippen LogP contribution in [0.3, 0.4) is 0 Å². The number of nitrogens with two attached hydrogens (primary N) is 1. The lowest BCUT2D eigenvalue weighted by atomic mass is 10.2. The molecule has 9 heteroatoms. The van der Waals surface area contributed by atoms with Gasteiger partial charge >= 0.3 is 0 Å². The second-order valence-corrected chi connectivity index (χ2v) is 6.48. The fourth-order valence-electron chi connectivity index (χ4n) is 2.24. The Balaban J connectivity index is 1.94. The van der Waals surface area contributed by atoms with Crippen molar-refractivity contribution in [1.29, 1.82) is 0 Å². The number of hydrogen-bond donors (Lipinski definition) is 2. The third kappa shape index (κ3) is 6.69. The molecule has 0 bridgehead atoms. The van der Waals surface area contributed by atoms with Gasteiger partial charge in [-0.15, -0.1) is 0 Å². The standard InChI is InChI=1S/C20H22ClN3O5/c1-12-8-15(5-6-16(12)21)29-13(2)20(26)24-23-10-14-4-7-17(18(9-14)27-3)28-11-19(22)25/h4-10,13H,11H2,1-3H3,(H2,22,25)(H,24,26). The molecule has 2 rings (SSSR count). The summed E-state index contributed by atoms with van der Waals surface area (Å²) < 4.78 is 16.1. The van der Waals surface area contributed by atoms with E-state index in [2.05, 4.69) is 10.5 Å². The van der Waals surface area contributed by atoms with Crippen molar-refractivity contribution in [2.45, 2.75) is 20.0 Å². The first-order chi connectivity index (χ1) is 13.8. The van der Waals surface area contributed by atoms with Crippen molar-refractivity contribution in [2.24, 2.45) is 10.8 Å². The highest BCUT2D eigenvalue weighted by Gasteiger charge is 2.14. The Kier molecular flexibility index (Phi) is 7.85. The maximum atomic E-state index is 12.2. The van der Waals surface area contributed by atoms with Crippen LogP contribution in [0, 0.1) is 6.92 Å². The molecule has 2 aromatic carbocycles. The lowest BCUT2D eigenvalue weighted by Gasteiger charge is -2.13. The number of hydrazone groups is 1. The SMILES string of the molecule is COc1cc(C=NNC(=O)C(C)Oc2ccc(Cl)c(C)c2)ccc1OCC(N)=O. The van der Waals surface area contributed by atoms with Gasteiger partial charge in [0.05, 0.1) is 13.3 Å². The lowest BCUT2D eigenvalue weighted by molar-refractivity contribution is -0.127. The van der Waals surface area contributed by atoms with E-state index in [0.717, 1.165) is 5.56 Å². The zero-order chi connectivity index (χ0) is 21.4. The molecule has 1 atom stereocenters. The molecule has 0 spiro atoms. The molecule has 29 heavy (non-hydrogen) atoms. The number of hydrogen-bond acceptors (Lipinski definition) is 6. The third-order valence-electron chi connectivity index (χ3n) is 3.76. The van der Waals surface area contributed by atoms with Gasteiger partial charge in [0.15, 0.2) is 24.2 Å². The van der Waals surface area contributed by atoms with E-state index < -0.39 is 17.9 Å². The number of nitrogens with one attached hydrogen (secondary N) is 1. The van der Waals surface area contributed by atoms with Crippen molar-refractivity contribution < 1.29 is 23.8 Å². The van der Waals surface area contributed by atoms with E-state index in [4.69, 9.17) is 31.5 Å². The number of halogens is 1. The van der Waals surface area contributed by atoms with Crippen LogP contribution in [0.4, 0.5) is 0 Å².